The fourth-order valence-corrected chi connectivity index (χ4v) is 2.63. The van der Waals surface area contributed by atoms with Gasteiger partial charge in [0.15, 0.2) is 0 Å². The number of nitriles is 1. The molecular weight excluding hydrogens is 328 g/mol. The summed E-state index contributed by atoms with van der Waals surface area (Å²) in [7, 11) is 0. The second kappa shape index (κ2) is 9.59. The molecule has 0 spiro atoms. The summed E-state index contributed by atoms with van der Waals surface area (Å²) in [5.41, 5.74) is 2.49. The summed E-state index contributed by atoms with van der Waals surface area (Å²) in [5.74, 6) is 0.188. The average molecular weight is 352 g/mol. The number of hydrogen-bond donors (Lipinski definition) is 2. The molecule has 5 nitrogen and oxygen atoms in total. The van der Waals surface area contributed by atoms with E-state index in [4.69, 9.17) is 10.00 Å². The van der Waals surface area contributed by atoms with Crippen molar-refractivity contribution in [2.45, 2.75) is 39.5 Å². The first kappa shape index (κ1) is 19.5. The average Bonchev–Trinajstić information content (AvgIpc) is 2.63. The Bertz CT molecular complexity index is 781. The van der Waals surface area contributed by atoms with Crippen LogP contribution in [0.1, 0.15) is 37.0 Å². The highest BCUT2D eigenvalue weighted by atomic mass is 16.5. The molecule has 5 heteroatoms. The Morgan fingerprint density at radius 2 is 1.92 bits per heavy atom. The summed E-state index contributed by atoms with van der Waals surface area (Å²) in [5, 5.41) is 21.3. The van der Waals surface area contributed by atoms with Crippen LogP contribution in [0.15, 0.2) is 48.5 Å². The van der Waals surface area contributed by atoms with Crippen LogP contribution in [0, 0.1) is 17.2 Å². The molecule has 2 aromatic rings. The zero-order valence-electron chi connectivity index (χ0n) is 15.1. The second-order valence-electron chi connectivity index (χ2n) is 6.65. The third kappa shape index (κ3) is 6.23. The van der Waals surface area contributed by atoms with E-state index in [9.17, 15) is 9.90 Å². The monoisotopic (exact) mass is 352 g/mol. The number of hydrogen-bond acceptors (Lipinski definition) is 4. The number of nitrogens with zero attached hydrogens (tertiary/aromatic N) is 1. The van der Waals surface area contributed by atoms with Crippen molar-refractivity contribution >= 4 is 5.97 Å². The number of ether oxygens (including phenoxy) is 1. The lowest BCUT2D eigenvalue weighted by molar-refractivity contribution is -0.140. The molecule has 26 heavy (non-hydrogen) atoms. The molecule has 0 radical (unpaired) electrons. The first-order valence-electron chi connectivity index (χ1n) is 8.65. The van der Waals surface area contributed by atoms with E-state index in [-0.39, 0.29) is 0 Å². The third-order valence-corrected chi connectivity index (χ3v) is 3.92. The van der Waals surface area contributed by atoms with Gasteiger partial charge in [0.25, 0.3) is 0 Å². The van der Waals surface area contributed by atoms with E-state index >= 15 is 0 Å². The summed E-state index contributed by atoms with van der Waals surface area (Å²) in [4.78, 5) is 11.3. The maximum atomic E-state index is 11.3. The second-order valence-corrected chi connectivity index (χ2v) is 6.65. The lowest BCUT2D eigenvalue weighted by Crippen LogP contribution is -2.37. The Morgan fingerprint density at radius 3 is 2.62 bits per heavy atom. The van der Waals surface area contributed by atoms with Crippen molar-refractivity contribution < 1.29 is 14.6 Å². The molecular formula is C21H24N2O3. The quantitative estimate of drug-likeness (QED) is 0.718. The van der Waals surface area contributed by atoms with Crippen LogP contribution in [-0.4, -0.2) is 17.1 Å². The molecule has 0 aliphatic carbocycles. The third-order valence-electron chi connectivity index (χ3n) is 3.92. The number of carboxylic acids is 1. The van der Waals surface area contributed by atoms with Crippen LogP contribution in [0.2, 0.25) is 0 Å². The van der Waals surface area contributed by atoms with Crippen molar-refractivity contribution in [3.63, 3.8) is 0 Å². The number of nitrogens with one attached hydrogen (secondary N) is 1. The van der Waals surface area contributed by atoms with Crippen molar-refractivity contribution in [2.24, 2.45) is 5.92 Å². The van der Waals surface area contributed by atoms with Gasteiger partial charge in [0, 0.05) is 6.54 Å². The van der Waals surface area contributed by atoms with Gasteiger partial charge in [0.1, 0.15) is 18.4 Å². The summed E-state index contributed by atoms with van der Waals surface area (Å²) in [6.45, 7) is 4.85. The van der Waals surface area contributed by atoms with Gasteiger partial charge in [0.2, 0.25) is 0 Å². The van der Waals surface area contributed by atoms with E-state index in [1.165, 1.54) is 0 Å². The van der Waals surface area contributed by atoms with Gasteiger partial charge in [-0.3, -0.25) is 4.79 Å². The highest BCUT2D eigenvalue weighted by Crippen LogP contribution is 2.16. The lowest BCUT2D eigenvalue weighted by Gasteiger charge is -2.17. The van der Waals surface area contributed by atoms with E-state index < -0.39 is 12.0 Å². The number of carbonyl (C=O) groups is 1. The fourth-order valence-electron chi connectivity index (χ4n) is 2.63. The van der Waals surface area contributed by atoms with Gasteiger partial charge in [-0.1, -0.05) is 38.1 Å². The first-order chi connectivity index (χ1) is 12.5. The minimum atomic E-state index is -0.830. The van der Waals surface area contributed by atoms with Gasteiger partial charge in [-0.25, -0.2) is 0 Å². The maximum Gasteiger partial charge on any atom is 0.320 e. The molecule has 0 aliphatic heterocycles. The molecule has 0 amide bonds. The van der Waals surface area contributed by atoms with Crippen molar-refractivity contribution in [2.75, 3.05) is 0 Å². The highest BCUT2D eigenvalue weighted by Gasteiger charge is 2.17. The molecule has 0 heterocycles. The summed E-state index contributed by atoms with van der Waals surface area (Å²) < 4.78 is 5.80. The highest BCUT2D eigenvalue weighted by molar-refractivity contribution is 5.73. The smallest absolute Gasteiger partial charge is 0.320 e. The van der Waals surface area contributed by atoms with E-state index in [1.54, 1.807) is 12.1 Å². The Morgan fingerprint density at radius 1 is 1.19 bits per heavy atom. The van der Waals surface area contributed by atoms with Crippen molar-refractivity contribution in [3.05, 3.63) is 65.2 Å². The van der Waals surface area contributed by atoms with Crippen LogP contribution in [0.3, 0.4) is 0 Å². The van der Waals surface area contributed by atoms with E-state index in [2.05, 4.69) is 11.4 Å². The molecule has 0 saturated carbocycles. The zero-order chi connectivity index (χ0) is 18.9. The van der Waals surface area contributed by atoms with Crippen molar-refractivity contribution in [1.82, 2.24) is 5.32 Å². The maximum absolute atomic E-state index is 11.3. The molecule has 2 N–H and O–H groups in total. The first-order valence-corrected chi connectivity index (χ1v) is 8.65. The molecule has 2 aromatic carbocycles. The summed E-state index contributed by atoms with van der Waals surface area (Å²) in [6.07, 6.45) is 0.584. The SMILES string of the molecule is CC(C)C[C@H](NCc1cccc(OCc2cccc(C#N)c2)c1)C(=O)O. The predicted octanol–water partition coefficient (Wildman–Crippen LogP) is 3.73. The Hall–Kier alpha value is -2.84. The molecule has 0 saturated heterocycles. The van der Waals surface area contributed by atoms with Crippen LogP contribution in [-0.2, 0) is 17.9 Å². The molecule has 1 atom stereocenters. The van der Waals surface area contributed by atoms with Gasteiger partial charge < -0.3 is 15.2 Å². The predicted molar refractivity (Wildman–Crippen MR) is 99.6 cm³/mol. The number of aliphatic carboxylic acids is 1. The van der Waals surface area contributed by atoms with Crippen molar-refractivity contribution in [1.29, 1.82) is 5.26 Å². The zero-order valence-corrected chi connectivity index (χ0v) is 15.1. The normalized spacial score (nSPS) is 11.8. The van der Waals surface area contributed by atoms with Crippen LogP contribution >= 0.6 is 0 Å². The largest absolute Gasteiger partial charge is 0.489 e. The number of carboxylic acid groups (broad SMARTS) is 1. The fraction of sp³-hybridized carbons (Fsp3) is 0.333. The molecule has 0 unspecified atom stereocenters. The van der Waals surface area contributed by atoms with Gasteiger partial charge in [-0.05, 0) is 47.7 Å². The van der Waals surface area contributed by atoms with Gasteiger partial charge in [-0.15, -0.1) is 0 Å². The minimum absolute atomic E-state index is 0.308. The molecule has 0 fully saturated rings. The van der Waals surface area contributed by atoms with Gasteiger partial charge in [-0.2, -0.15) is 5.26 Å². The topological polar surface area (TPSA) is 82.3 Å². The number of rotatable bonds is 9. The molecule has 0 aliphatic rings. The Balaban J connectivity index is 1.94. The minimum Gasteiger partial charge on any atom is -0.489 e. The summed E-state index contributed by atoms with van der Waals surface area (Å²) in [6, 6.07) is 16.4. The standard InChI is InChI=1S/C21H24N2O3/c1-15(2)9-20(21(24)25)23-13-17-6-4-8-19(11-17)26-14-18-7-3-5-16(10-18)12-22/h3-8,10-11,15,20,23H,9,13-14H2,1-2H3,(H,24,25)/t20-/m0/s1. The van der Waals surface area contributed by atoms with E-state index in [0.717, 1.165) is 11.1 Å². The van der Waals surface area contributed by atoms with Gasteiger partial charge in [0.05, 0.1) is 11.6 Å². The Labute approximate surface area is 154 Å². The number of benzene rings is 2. The summed E-state index contributed by atoms with van der Waals surface area (Å²) >= 11 is 0. The molecule has 0 aromatic heterocycles. The van der Waals surface area contributed by atoms with E-state index in [0.29, 0.717) is 36.8 Å². The van der Waals surface area contributed by atoms with Crippen LogP contribution in [0.5, 0.6) is 5.75 Å². The van der Waals surface area contributed by atoms with Crippen molar-refractivity contribution in [3.8, 4) is 11.8 Å². The van der Waals surface area contributed by atoms with Crippen LogP contribution < -0.4 is 10.1 Å². The van der Waals surface area contributed by atoms with E-state index in [1.807, 2.05) is 50.2 Å². The lowest BCUT2D eigenvalue weighted by atomic mass is 10.0. The van der Waals surface area contributed by atoms with Gasteiger partial charge >= 0.3 is 5.97 Å². The molecule has 2 rings (SSSR count). The van der Waals surface area contributed by atoms with Crippen LogP contribution in [0.4, 0.5) is 0 Å². The molecule has 136 valence electrons. The van der Waals surface area contributed by atoms with Crippen LogP contribution in [0.25, 0.3) is 0 Å². The Kier molecular flexibility index (Phi) is 7.19. The molecule has 0 bridgehead atoms.